The smallest absolute Gasteiger partial charge is 0.256 e. The van der Waals surface area contributed by atoms with E-state index in [1.54, 1.807) is 6.92 Å². The van der Waals surface area contributed by atoms with Crippen molar-refractivity contribution < 1.29 is 9.32 Å². The number of aromatic nitrogens is 2. The first-order valence-corrected chi connectivity index (χ1v) is 9.44. The minimum atomic E-state index is -0.132. The Labute approximate surface area is 157 Å². The number of amides is 1. The van der Waals surface area contributed by atoms with Crippen LogP contribution in [0.5, 0.6) is 0 Å². The molecule has 3 rings (SSSR count). The molecule has 0 aliphatic heterocycles. The number of carbonyl (C=O) groups is 1. The highest BCUT2D eigenvalue weighted by atomic mass is 32.2. The second-order valence-corrected chi connectivity index (χ2v) is 7.27. The number of aryl methyl sites for hydroxylation is 1. The number of hydrogen-bond donors (Lipinski definition) is 1. The zero-order valence-corrected chi connectivity index (χ0v) is 15.8. The van der Waals surface area contributed by atoms with E-state index in [0.29, 0.717) is 28.9 Å². The molecule has 134 valence electrons. The van der Waals surface area contributed by atoms with Crippen LogP contribution in [0.2, 0.25) is 0 Å². The summed E-state index contributed by atoms with van der Waals surface area (Å²) in [5.74, 6) is 2.01. The molecular weight excluding hydrogens is 346 g/mol. The van der Waals surface area contributed by atoms with Crippen LogP contribution in [-0.4, -0.2) is 16.0 Å². The van der Waals surface area contributed by atoms with E-state index < -0.39 is 0 Å². The maximum absolute atomic E-state index is 12.7. The van der Waals surface area contributed by atoms with Crippen molar-refractivity contribution >= 4 is 23.4 Å². The van der Waals surface area contributed by atoms with E-state index in [9.17, 15) is 4.79 Å². The summed E-state index contributed by atoms with van der Waals surface area (Å²) >= 11 is 1.50. The van der Waals surface area contributed by atoms with E-state index in [-0.39, 0.29) is 5.91 Å². The van der Waals surface area contributed by atoms with Crippen LogP contribution in [-0.2, 0) is 5.75 Å². The second-order valence-electron chi connectivity index (χ2n) is 6.25. The van der Waals surface area contributed by atoms with Gasteiger partial charge in [0.1, 0.15) is 0 Å². The average Bonchev–Trinajstić information content (AvgIpc) is 3.06. The summed E-state index contributed by atoms with van der Waals surface area (Å²) in [5, 5.41) is 6.75. The van der Waals surface area contributed by atoms with E-state index in [4.69, 9.17) is 4.52 Å². The fourth-order valence-corrected chi connectivity index (χ4v) is 3.36. The van der Waals surface area contributed by atoms with E-state index in [1.165, 1.54) is 17.3 Å². The van der Waals surface area contributed by atoms with Crippen molar-refractivity contribution in [2.45, 2.75) is 37.3 Å². The number of anilines is 1. The molecule has 2 aromatic carbocycles. The summed E-state index contributed by atoms with van der Waals surface area (Å²) in [4.78, 5) is 17.8. The SMILES string of the molecule is Cc1noc(CSc2ccccc2C(=O)Nc2ccc(C(C)C)cc2)n1. The lowest BCUT2D eigenvalue weighted by molar-refractivity contribution is 0.102. The van der Waals surface area contributed by atoms with Gasteiger partial charge in [0.15, 0.2) is 5.82 Å². The lowest BCUT2D eigenvalue weighted by atomic mass is 10.0. The Morgan fingerprint density at radius 2 is 1.88 bits per heavy atom. The van der Waals surface area contributed by atoms with Gasteiger partial charge in [0, 0.05) is 10.6 Å². The Morgan fingerprint density at radius 3 is 2.54 bits per heavy atom. The maximum atomic E-state index is 12.7. The lowest BCUT2D eigenvalue weighted by Gasteiger charge is -2.11. The molecule has 0 saturated heterocycles. The summed E-state index contributed by atoms with van der Waals surface area (Å²) in [6.07, 6.45) is 0. The van der Waals surface area contributed by atoms with E-state index in [1.807, 2.05) is 48.5 Å². The molecule has 0 unspecified atom stereocenters. The number of rotatable bonds is 6. The van der Waals surface area contributed by atoms with E-state index in [2.05, 4.69) is 29.3 Å². The number of thioether (sulfide) groups is 1. The van der Waals surface area contributed by atoms with Gasteiger partial charge in [0.2, 0.25) is 5.89 Å². The largest absolute Gasteiger partial charge is 0.338 e. The van der Waals surface area contributed by atoms with Gasteiger partial charge in [-0.25, -0.2) is 0 Å². The number of nitrogens with one attached hydrogen (secondary N) is 1. The summed E-state index contributed by atoms with van der Waals surface area (Å²) in [5.41, 5.74) is 2.65. The van der Waals surface area contributed by atoms with Crippen molar-refractivity contribution in [2.75, 3.05) is 5.32 Å². The molecule has 0 radical (unpaired) electrons. The van der Waals surface area contributed by atoms with Crippen molar-refractivity contribution in [3.8, 4) is 0 Å². The molecule has 0 bridgehead atoms. The van der Waals surface area contributed by atoms with E-state index in [0.717, 1.165) is 10.6 Å². The van der Waals surface area contributed by atoms with Gasteiger partial charge in [-0.15, -0.1) is 11.8 Å². The third-order valence-electron chi connectivity index (χ3n) is 3.89. The topological polar surface area (TPSA) is 68.0 Å². The van der Waals surface area contributed by atoms with Crippen LogP contribution in [0.4, 0.5) is 5.69 Å². The highest BCUT2D eigenvalue weighted by molar-refractivity contribution is 7.98. The highest BCUT2D eigenvalue weighted by Crippen LogP contribution is 2.27. The molecule has 0 saturated carbocycles. The van der Waals surface area contributed by atoms with Crippen LogP contribution < -0.4 is 5.32 Å². The first kappa shape index (κ1) is 18.2. The van der Waals surface area contributed by atoms with Crippen molar-refractivity contribution in [3.63, 3.8) is 0 Å². The standard InChI is InChI=1S/C20H21N3O2S/c1-13(2)15-8-10-16(11-9-15)22-20(24)17-6-4-5-7-18(17)26-12-19-21-14(3)23-25-19/h4-11,13H,12H2,1-3H3,(H,22,24). The molecule has 6 heteroatoms. The van der Waals surface area contributed by atoms with Gasteiger partial charge in [-0.05, 0) is 42.7 Å². The van der Waals surface area contributed by atoms with Gasteiger partial charge < -0.3 is 9.84 Å². The third kappa shape index (κ3) is 4.52. The van der Waals surface area contributed by atoms with Gasteiger partial charge in [0.05, 0.1) is 11.3 Å². The summed E-state index contributed by atoms with van der Waals surface area (Å²) < 4.78 is 5.13. The Kier molecular flexibility index (Phi) is 5.73. The minimum Gasteiger partial charge on any atom is -0.338 e. The molecule has 1 aromatic heterocycles. The fraction of sp³-hybridized carbons (Fsp3) is 0.250. The van der Waals surface area contributed by atoms with Crippen LogP contribution in [0.15, 0.2) is 57.9 Å². The maximum Gasteiger partial charge on any atom is 0.256 e. The number of nitrogens with zero attached hydrogens (tertiary/aromatic N) is 2. The summed E-state index contributed by atoms with van der Waals surface area (Å²) in [6.45, 7) is 6.07. The molecule has 1 amide bonds. The predicted molar refractivity (Wildman–Crippen MR) is 104 cm³/mol. The highest BCUT2D eigenvalue weighted by Gasteiger charge is 2.13. The van der Waals surface area contributed by atoms with Crippen LogP contribution in [0.25, 0.3) is 0 Å². The van der Waals surface area contributed by atoms with Gasteiger partial charge in [-0.2, -0.15) is 4.98 Å². The van der Waals surface area contributed by atoms with Crippen LogP contribution >= 0.6 is 11.8 Å². The minimum absolute atomic E-state index is 0.132. The van der Waals surface area contributed by atoms with E-state index >= 15 is 0 Å². The molecule has 3 aromatic rings. The van der Waals surface area contributed by atoms with Crippen molar-refractivity contribution in [3.05, 3.63) is 71.4 Å². The molecule has 0 aliphatic carbocycles. The summed E-state index contributed by atoms with van der Waals surface area (Å²) in [7, 11) is 0. The molecule has 0 fully saturated rings. The molecule has 0 aliphatic rings. The zero-order valence-electron chi connectivity index (χ0n) is 15.0. The molecule has 1 N–H and O–H groups in total. The Bertz CT molecular complexity index is 888. The monoisotopic (exact) mass is 367 g/mol. The first-order chi connectivity index (χ1) is 12.5. The predicted octanol–water partition coefficient (Wildman–Crippen LogP) is 5.05. The van der Waals surface area contributed by atoms with Crippen molar-refractivity contribution in [1.29, 1.82) is 0 Å². The molecule has 26 heavy (non-hydrogen) atoms. The van der Waals surface area contributed by atoms with Crippen molar-refractivity contribution in [1.82, 2.24) is 10.1 Å². The molecule has 0 atom stereocenters. The summed E-state index contributed by atoms with van der Waals surface area (Å²) in [6, 6.07) is 15.5. The van der Waals surface area contributed by atoms with Gasteiger partial charge in [-0.3, -0.25) is 4.79 Å². The van der Waals surface area contributed by atoms with Gasteiger partial charge in [-0.1, -0.05) is 43.3 Å². The quantitative estimate of drug-likeness (QED) is 0.618. The Hall–Kier alpha value is -2.60. The van der Waals surface area contributed by atoms with Gasteiger partial charge in [0.25, 0.3) is 5.91 Å². The molecule has 0 spiro atoms. The molecule has 5 nitrogen and oxygen atoms in total. The van der Waals surface area contributed by atoms with Crippen molar-refractivity contribution in [2.24, 2.45) is 0 Å². The Balaban J connectivity index is 1.70. The van der Waals surface area contributed by atoms with Crippen LogP contribution in [0.1, 0.15) is 47.4 Å². The molecular formula is C20H21N3O2S. The number of carbonyl (C=O) groups excluding carboxylic acids is 1. The van der Waals surface area contributed by atoms with Crippen LogP contribution in [0, 0.1) is 6.92 Å². The normalized spacial score (nSPS) is 10.9. The first-order valence-electron chi connectivity index (χ1n) is 8.45. The third-order valence-corrected chi connectivity index (χ3v) is 4.95. The average molecular weight is 367 g/mol. The number of hydrogen-bond acceptors (Lipinski definition) is 5. The number of benzene rings is 2. The second kappa shape index (κ2) is 8.19. The van der Waals surface area contributed by atoms with Crippen LogP contribution in [0.3, 0.4) is 0 Å². The lowest BCUT2D eigenvalue weighted by Crippen LogP contribution is -2.13. The molecule has 1 heterocycles. The Morgan fingerprint density at radius 1 is 1.15 bits per heavy atom. The van der Waals surface area contributed by atoms with Gasteiger partial charge >= 0.3 is 0 Å². The fourth-order valence-electron chi connectivity index (χ4n) is 2.47. The zero-order chi connectivity index (χ0) is 18.5.